The molecule has 5 heteroatoms. The van der Waals surface area contributed by atoms with Crippen molar-refractivity contribution in [2.24, 2.45) is 14.1 Å². The standard InChI is InChI=1S/C12H18N4O/c1-8-10(9(2)16(4)13-8)7-12(17)11-5-6-15(3)14-11/h5-6,12,17H,7H2,1-4H3. The number of nitrogens with zero attached hydrogens (tertiary/aromatic N) is 4. The van der Waals surface area contributed by atoms with Crippen molar-refractivity contribution in [2.75, 3.05) is 0 Å². The van der Waals surface area contributed by atoms with Gasteiger partial charge in [-0.1, -0.05) is 0 Å². The molecule has 0 saturated carbocycles. The number of aromatic nitrogens is 4. The van der Waals surface area contributed by atoms with Gasteiger partial charge in [0.25, 0.3) is 0 Å². The molecule has 0 amide bonds. The third-order valence-electron chi connectivity index (χ3n) is 3.13. The van der Waals surface area contributed by atoms with Crippen molar-refractivity contribution in [3.63, 3.8) is 0 Å². The van der Waals surface area contributed by atoms with Crippen LogP contribution < -0.4 is 0 Å². The fourth-order valence-electron chi connectivity index (χ4n) is 2.02. The molecular weight excluding hydrogens is 216 g/mol. The van der Waals surface area contributed by atoms with Crippen LogP contribution in [0.15, 0.2) is 12.3 Å². The number of hydrogen-bond acceptors (Lipinski definition) is 3. The fourth-order valence-corrected chi connectivity index (χ4v) is 2.02. The Labute approximate surface area is 101 Å². The predicted molar refractivity (Wildman–Crippen MR) is 64.6 cm³/mol. The van der Waals surface area contributed by atoms with Gasteiger partial charge in [0.15, 0.2) is 0 Å². The molecule has 2 rings (SSSR count). The number of aliphatic hydroxyl groups is 1. The van der Waals surface area contributed by atoms with Crippen LogP contribution in [0.5, 0.6) is 0 Å². The van der Waals surface area contributed by atoms with E-state index in [4.69, 9.17) is 0 Å². The van der Waals surface area contributed by atoms with Crippen molar-refractivity contribution in [1.82, 2.24) is 19.6 Å². The van der Waals surface area contributed by atoms with E-state index in [0.717, 1.165) is 17.0 Å². The summed E-state index contributed by atoms with van der Waals surface area (Å²) in [6, 6.07) is 1.84. The van der Waals surface area contributed by atoms with E-state index in [0.29, 0.717) is 12.1 Å². The topological polar surface area (TPSA) is 55.9 Å². The molecule has 0 aliphatic rings. The highest BCUT2D eigenvalue weighted by molar-refractivity contribution is 5.26. The largest absolute Gasteiger partial charge is 0.386 e. The van der Waals surface area contributed by atoms with E-state index in [1.54, 1.807) is 4.68 Å². The lowest BCUT2D eigenvalue weighted by atomic mass is 10.0. The average molecular weight is 234 g/mol. The third kappa shape index (κ3) is 2.24. The highest BCUT2D eigenvalue weighted by Gasteiger charge is 2.17. The van der Waals surface area contributed by atoms with Crippen LogP contribution >= 0.6 is 0 Å². The Morgan fingerprint density at radius 2 is 2.00 bits per heavy atom. The van der Waals surface area contributed by atoms with E-state index in [9.17, 15) is 5.11 Å². The first kappa shape index (κ1) is 11.9. The van der Waals surface area contributed by atoms with Gasteiger partial charge in [0.05, 0.1) is 11.4 Å². The molecule has 0 fully saturated rings. The minimum atomic E-state index is -0.571. The monoisotopic (exact) mass is 234 g/mol. The summed E-state index contributed by atoms with van der Waals surface area (Å²) in [6.45, 7) is 3.98. The zero-order chi connectivity index (χ0) is 12.6. The molecule has 0 saturated heterocycles. The Balaban J connectivity index is 2.21. The summed E-state index contributed by atoms with van der Waals surface area (Å²) in [7, 11) is 3.76. The van der Waals surface area contributed by atoms with Gasteiger partial charge in [0, 0.05) is 32.4 Å². The maximum atomic E-state index is 10.1. The summed E-state index contributed by atoms with van der Waals surface area (Å²) in [5.74, 6) is 0. The normalized spacial score (nSPS) is 13.0. The van der Waals surface area contributed by atoms with Gasteiger partial charge >= 0.3 is 0 Å². The molecular formula is C12H18N4O. The van der Waals surface area contributed by atoms with Gasteiger partial charge in [-0.05, 0) is 25.5 Å². The van der Waals surface area contributed by atoms with Gasteiger partial charge in [-0.15, -0.1) is 0 Å². The molecule has 0 aliphatic carbocycles. The minimum Gasteiger partial charge on any atom is -0.386 e. The third-order valence-corrected chi connectivity index (χ3v) is 3.13. The fraction of sp³-hybridized carbons (Fsp3) is 0.500. The van der Waals surface area contributed by atoms with Crippen LogP contribution in [0.4, 0.5) is 0 Å². The zero-order valence-corrected chi connectivity index (χ0v) is 10.7. The Morgan fingerprint density at radius 1 is 1.29 bits per heavy atom. The van der Waals surface area contributed by atoms with Crippen LogP contribution in [0.1, 0.15) is 28.7 Å². The Kier molecular flexibility index (Phi) is 3.02. The van der Waals surface area contributed by atoms with Gasteiger partial charge < -0.3 is 5.11 Å². The van der Waals surface area contributed by atoms with Crippen LogP contribution in [0, 0.1) is 13.8 Å². The summed E-state index contributed by atoms with van der Waals surface area (Å²) in [5, 5.41) is 18.7. The summed E-state index contributed by atoms with van der Waals surface area (Å²) in [5.41, 5.74) is 3.87. The lowest BCUT2D eigenvalue weighted by Gasteiger charge is -2.08. The van der Waals surface area contributed by atoms with Gasteiger partial charge in [-0.25, -0.2) is 0 Å². The second-order valence-corrected chi connectivity index (χ2v) is 4.41. The van der Waals surface area contributed by atoms with Crippen molar-refractivity contribution in [2.45, 2.75) is 26.4 Å². The molecule has 0 aliphatic heterocycles. The van der Waals surface area contributed by atoms with Crippen LogP contribution in [-0.2, 0) is 20.5 Å². The second kappa shape index (κ2) is 4.33. The van der Waals surface area contributed by atoms with Gasteiger partial charge in [-0.2, -0.15) is 10.2 Å². The maximum absolute atomic E-state index is 10.1. The van der Waals surface area contributed by atoms with Crippen molar-refractivity contribution >= 4 is 0 Å². The molecule has 92 valence electrons. The van der Waals surface area contributed by atoms with Gasteiger partial charge in [0.1, 0.15) is 6.10 Å². The summed E-state index contributed by atoms with van der Waals surface area (Å²) >= 11 is 0. The number of rotatable bonds is 3. The highest BCUT2D eigenvalue weighted by atomic mass is 16.3. The number of hydrogen-bond donors (Lipinski definition) is 1. The zero-order valence-electron chi connectivity index (χ0n) is 10.7. The molecule has 0 aromatic carbocycles. The highest BCUT2D eigenvalue weighted by Crippen LogP contribution is 2.21. The summed E-state index contributed by atoms with van der Waals surface area (Å²) in [6.07, 6.45) is 1.82. The lowest BCUT2D eigenvalue weighted by molar-refractivity contribution is 0.172. The first-order valence-electron chi connectivity index (χ1n) is 5.65. The van der Waals surface area contributed by atoms with Gasteiger partial charge in [0.2, 0.25) is 0 Å². The molecule has 2 aromatic rings. The van der Waals surface area contributed by atoms with Crippen LogP contribution in [0.3, 0.4) is 0 Å². The van der Waals surface area contributed by atoms with Crippen molar-refractivity contribution in [3.8, 4) is 0 Å². The molecule has 1 atom stereocenters. The molecule has 0 spiro atoms. The molecule has 2 aromatic heterocycles. The summed E-state index contributed by atoms with van der Waals surface area (Å²) in [4.78, 5) is 0. The smallest absolute Gasteiger partial charge is 0.102 e. The Hall–Kier alpha value is -1.62. The van der Waals surface area contributed by atoms with Crippen molar-refractivity contribution in [3.05, 3.63) is 34.9 Å². The summed E-state index contributed by atoms with van der Waals surface area (Å²) < 4.78 is 3.54. The average Bonchev–Trinajstić information content (AvgIpc) is 2.79. The second-order valence-electron chi connectivity index (χ2n) is 4.41. The molecule has 17 heavy (non-hydrogen) atoms. The first-order chi connectivity index (χ1) is 7.99. The van der Waals surface area contributed by atoms with E-state index in [-0.39, 0.29) is 0 Å². The van der Waals surface area contributed by atoms with E-state index < -0.39 is 6.10 Å². The SMILES string of the molecule is Cc1nn(C)c(C)c1CC(O)c1ccn(C)n1. The predicted octanol–water partition coefficient (Wildman–Crippen LogP) is 1.05. The first-order valence-corrected chi connectivity index (χ1v) is 5.65. The van der Waals surface area contributed by atoms with E-state index >= 15 is 0 Å². The van der Waals surface area contributed by atoms with Crippen LogP contribution in [0.2, 0.25) is 0 Å². The number of aliphatic hydroxyl groups excluding tert-OH is 1. The van der Waals surface area contributed by atoms with Crippen LogP contribution in [0.25, 0.3) is 0 Å². The van der Waals surface area contributed by atoms with E-state index in [2.05, 4.69) is 10.2 Å². The van der Waals surface area contributed by atoms with Crippen molar-refractivity contribution < 1.29 is 5.11 Å². The van der Waals surface area contributed by atoms with Gasteiger partial charge in [-0.3, -0.25) is 9.36 Å². The Morgan fingerprint density at radius 3 is 2.47 bits per heavy atom. The molecule has 1 unspecified atom stereocenters. The van der Waals surface area contributed by atoms with E-state index in [1.165, 1.54) is 0 Å². The van der Waals surface area contributed by atoms with Crippen LogP contribution in [-0.4, -0.2) is 24.7 Å². The molecule has 1 N–H and O–H groups in total. The molecule has 0 radical (unpaired) electrons. The minimum absolute atomic E-state index is 0.558. The maximum Gasteiger partial charge on any atom is 0.102 e. The number of aryl methyl sites for hydroxylation is 3. The molecule has 5 nitrogen and oxygen atoms in total. The Bertz CT molecular complexity index is 527. The quantitative estimate of drug-likeness (QED) is 0.863. The molecule has 0 bridgehead atoms. The molecule has 2 heterocycles. The lowest BCUT2D eigenvalue weighted by Crippen LogP contribution is -2.05. The van der Waals surface area contributed by atoms with Crippen molar-refractivity contribution in [1.29, 1.82) is 0 Å². The van der Waals surface area contributed by atoms with E-state index in [1.807, 2.05) is 44.9 Å².